The topological polar surface area (TPSA) is 64.9 Å². The third-order valence-electron chi connectivity index (χ3n) is 3.44. The minimum absolute atomic E-state index is 0.0485. The first-order chi connectivity index (χ1) is 9.78. The molecule has 20 heavy (non-hydrogen) atoms. The van der Waals surface area contributed by atoms with E-state index in [-0.39, 0.29) is 5.91 Å². The van der Waals surface area contributed by atoms with E-state index in [1.54, 1.807) is 0 Å². The first-order valence-electron chi connectivity index (χ1n) is 6.97. The van der Waals surface area contributed by atoms with E-state index in [0.29, 0.717) is 12.6 Å². The van der Waals surface area contributed by atoms with Gasteiger partial charge in [0.1, 0.15) is 5.40 Å². The van der Waals surface area contributed by atoms with Crippen molar-refractivity contribution in [1.29, 1.82) is 5.26 Å². The van der Waals surface area contributed by atoms with Crippen LogP contribution in [0.5, 0.6) is 0 Å². The van der Waals surface area contributed by atoms with Gasteiger partial charge in [0.25, 0.3) is 0 Å². The van der Waals surface area contributed by atoms with E-state index < -0.39 is 0 Å². The number of benzene rings is 1. The summed E-state index contributed by atoms with van der Waals surface area (Å²) in [6, 6.07) is 7.86. The van der Waals surface area contributed by atoms with Gasteiger partial charge < -0.3 is 10.6 Å². The number of hydrogen-bond donors (Lipinski definition) is 2. The molecule has 5 heteroatoms. The Kier molecular flexibility index (Phi) is 5.75. The molecule has 106 valence electrons. The van der Waals surface area contributed by atoms with E-state index in [4.69, 9.17) is 5.26 Å². The standard InChI is InChI=1S/C15H19N3OS/c16-11-20-14-8-6-12(7-9-14)17-10-15(19)18-13-4-2-1-3-5-13/h6-9,13,17H,1-5,10H2,(H,18,19). The molecule has 1 fully saturated rings. The Morgan fingerprint density at radius 3 is 2.60 bits per heavy atom. The molecule has 2 N–H and O–H groups in total. The predicted octanol–water partition coefficient (Wildman–Crippen LogP) is 3.12. The molecule has 4 nitrogen and oxygen atoms in total. The highest BCUT2D eigenvalue weighted by Crippen LogP contribution is 2.19. The van der Waals surface area contributed by atoms with Gasteiger partial charge >= 0.3 is 0 Å². The zero-order valence-electron chi connectivity index (χ0n) is 11.4. The van der Waals surface area contributed by atoms with E-state index in [1.807, 2.05) is 29.7 Å². The van der Waals surface area contributed by atoms with Gasteiger partial charge in [0.15, 0.2) is 0 Å². The second-order valence-corrected chi connectivity index (χ2v) is 5.83. The number of rotatable bonds is 5. The molecule has 0 radical (unpaired) electrons. The number of thiocyanates is 1. The monoisotopic (exact) mass is 289 g/mol. The third-order valence-corrected chi connectivity index (χ3v) is 4.04. The fourth-order valence-electron chi connectivity index (χ4n) is 2.40. The van der Waals surface area contributed by atoms with Crippen LogP contribution in [0.15, 0.2) is 29.2 Å². The highest BCUT2D eigenvalue weighted by molar-refractivity contribution is 8.03. The molecular weight excluding hydrogens is 270 g/mol. The van der Waals surface area contributed by atoms with Crippen molar-refractivity contribution < 1.29 is 4.79 Å². The first-order valence-corrected chi connectivity index (χ1v) is 7.79. The quantitative estimate of drug-likeness (QED) is 0.645. The zero-order valence-corrected chi connectivity index (χ0v) is 12.2. The number of amides is 1. The molecule has 1 amide bonds. The molecule has 1 aliphatic rings. The van der Waals surface area contributed by atoms with Crippen molar-refractivity contribution in [2.45, 2.75) is 43.0 Å². The Morgan fingerprint density at radius 1 is 1.25 bits per heavy atom. The van der Waals surface area contributed by atoms with Gasteiger partial charge in [-0.15, -0.1) is 0 Å². The van der Waals surface area contributed by atoms with Crippen molar-refractivity contribution in [2.75, 3.05) is 11.9 Å². The fraction of sp³-hybridized carbons (Fsp3) is 0.467. The predicted molar refractivity (Wildman–Crippen MR) is 81.4 cm³/mol. The van der Waals surface area contributed by atoms with Gasteiger partial charge in [-0.25, -0.2) is 0 Å². The summed E-state index contributed by atoms with van der Waals surface area (Å²) < 4.78 is 0. The van der Waals surface area contributed by atoms with Crippen LogP contribution in [0.2, 0.25) is 0 Å². The Labute approximate surface area is 123 Å². The molecular formula is C15H19N3OS. The Bertz CT molecular complexity index is 475. The summed E-state index contributed by atoms with van der Waals surface area (Å²) in [6.45, 7) is 0.293. The third kappa shape index (κ3) is 4.78. The lowest BCUT2D eigenvalue weighted by atomic mass is 9.95. The second kappa shape index (κ2) is 7.81. The van der Waals surface area contributed by atoms with Crippen LogP contribution in [0.1, 0.15) is 32.1 Å². The molecule has 1 saturated carbocycles. The highest BCUT2D eigenvalue weighted by Gasteiger charge is 2.15. The fourth-order valence-corrected chi connectivity index (χ4v) is 2.78. The van der Waals surface area contributed by atoms with Crippen molar-refractivity contribution in [2.24, 2.45) is 0 Å². The van der Waals surface area contributed by atoms with Crippen LogP contribution in [0, 0.1) is 10.7 Å². The van der Waals surface area contributed by atoms with Crippen LogP contribution in [-0.2, 0) is 4.79 Å². The molecule has 0 spiro atoms. The summed E-state index contributed by atoms with van der Waals surface area (Å²) in [5.74, 6) is 0.0485. The van der Waals surface area contributed by atoms with Crippen LogP contribution >= 0.6 is 11.8 Å². The van der Waals surface area contributed by atoms with Gasteiger partial charge in [-0.1, -0.05) is 19.3 Å². The normalized spacial score (nSPS) is 15.3. The Hall–Kier alpha value is -1.67. The SMILES string of the molecule is N#CSc1ccc(NCC(=O)NC2CCCCC2)cc1. The molecule has 0 bridgehead atoms. The molecule has 2 rings (SSSR count). The Balaban J connectivity index is 1.73. The van der Waals surface area contributed by atoms with Crippen molar-refractivity contribution in [3.63, 3.8) is 0 Å². The van der Waals surface area contributed by atoms with E-state index in [1.165, 1.54) is 19.3 Å². The summed E-state index contributed by atoms with van der Waals surface area (Å²) >= 11 is 1.13. The van der Waals surface area contributed by atoms with Crippen molar-refractivity contribution in [1.82, 2.24) is 5.32 Å². The van der Waals surface area contributed by atoms with Gasteiger partial charge in [0.2, 0.25) is 5.91 Å². The number of carbonyl (C=O) groups excluding carboxylic acids is 1. The van der Waals surface area contributed by atoms with Gasteiger partial charge in [0, 0.05) is 16.6 Å². The second-order valence-electron chi connectivity index (χ2n) is 4.97. The summed E-state index contributed by atoms with van der Waals surface area (Å²) in [7, 11) is 0. The van der Waals surface area contributed by atoms with E-state index in [2.05, 4.69) is 10.6 Å². The average molecular weight is 289 g/mol. The summed E-state index contributed by atoms with van der Waals surface area (Å²) in [4.78, 5) is 12.7. The summed E-state index contributed by atoms with van der Waals surface area (Å²) in [5, 5.41) is 16.8. The molecule has 0 aliphatic heterocycles. The lowest BCUT2D eigenvalue weighted by Gasteiger charge is -2.22. The molecule has 0 heterocycles. The van der Waals surface area contributed by atoms with Gasteiger partial charge in [-0.05, 0) is 48.9 Å². The number of carbonyl (C=O) groups is 1. The number of hydrogen-bond acceptors (Lipinski definition) is 4. The summed E-state index contributed by atoms with van der Waals surface area (Å²) in [5.41, 5.74) is 0.895. The zero-order chi connectivity index (χ0) is 14.2. The van der Waals surface area contributed by atoms with Crippen LogP contribution < -0.4 is 10.6 Å². The smallest absolute Gasteiger partial charge is 0.239 e. The van der Waals surface area contributed by atoms with Gasteiger partial charge in [-0.2, -0.15) is 5.26 Å². The number of nitrogens with zero attached hydrogens (tertiary/aromatic N) is 1. The molecule has 0 aromatic heterocycles. The van der Waals surface area contributed by atoms with E-state index >= 15 is 0 Å². The minimum atomic E-state index is 0.0485. The van der Waals surface area contributed by atoms with Crippen LogP contribution in [-0.4, -0.2) is 18.5 Å². The molecule has 0 atom stereocenters. The van der Waals surface area contributed by atoms with Crippen molar-refractivity contribution >= 4 is 23.4 Å². The van der Waals surface area contributed by atoms with Crippen LogP contribution in [0.3, 0.4) is 0 Å². The number of anilines is 1. The van der Waals surface area contributed by atoms with Crippen molar-refractivity contribution in [3.05, 3.63) is 24.3 Å². The first kappa shape index (κ1) is 14.7. The number of nitriles is 1. The molecule has 1 aliphatic carbocycles. The molecule has 0 saturated heterocycles. The minimum Gasteiger partial charge on any atom is -0.376 e. The van der Waals surface area contributed by atoms with Crippen LogP contribution in [0.25, 0.3) is 0 Å². The largest absolute Gasteiger partial charge is 0.376 e. The maximum atomic E-state index is 11.8. The lowest BCUT2D eigenvalue weighted by Crippen LogP contribution is -2.39. The van der Waals surface area contributed by atoms with E-state index in [9.17, 15) is 4.79 Å². The van der Waals surface area contributed by atoms with Gasteiger partial charge in [-0.3, -0.25) is 4.79 Å². The van der Waals surface area contributed by atoms with Gasteiger partial charge in [0.05, 0.1) is 6.54 Å². The number of nitrogens with one attached hydrogen (secondary N) is 2. The van der Waals surface area contributed by atoms with Crippen molar-refractivity contribution in [3.8, 4) is 5.40 Å². The van der Waals surface area contributed by atoms with Crippen LogP contribution in [0.4, 0.5) is 5.69 Å². The highest BCUT2D eigenvalue weighted by atomic mass is 32.2. The van der Waals surface area contributed by atoms with E-state index in [0.717, 1.165) is 35.2 Å². The molecule has 1 aromatic rings. The molecule has 1 aromatic carbocycles. The Morgan fingerprint density at radius 2 is 1.95 bits per heavy atom. The lowest BCUT2D eigenvalue weighted by molar-refractivity contribution is -0.120. The maximum Gasteiger partial charge on any atom is 0.239 e. The average Bonchev–Trinajstić information content (AvgIpc) is 2.48. The maximum absolute atomic E-state index is 11.8. The number of thioether (sulfide) groups is 1. The molecule has 0 unspecified atom stereocenters. The summed E-state index contributed by atoms with van der Waals surface area (Å²) in [6.07, 6.45) is 5.93.